The molecule has 1 aromatic carbocycles. The number of benzene rings is 1. The molecule has 0 saturated carbocycles. The Balaban J connectivity index is 2.87. The van der Waals surface area contributed by atoms with E-state index in [1.165, 1.54) is 0 Å². The summed E-state index contributed by atoms with van der Waals surface area (Å²) in [5, 5.41) is 6.95. The standard InChI is InChI=1S/C15H22Cl2N2O2/c1-4-6-19-15(20)10(3)21-14-11(9-18-5-2)7-12(16)8-13(14)17/h7-8,10,18H,4-6,9H2,1-3H3,(H,19,20). The number of nitrogens with one attached hydrogen (secondary N) is 2. The van der Waals surface area contributed by atoms with Gasteiger partial charge in [0.1, 0.15) is 5.75 Å². The molecular weight excluding hydrogens is 311 g/mol. The van der Waals surface area contributed by atoms with Gasteiger partial charge in [-0.05, 0) is 32.0 Å². The van der Waals surface area contributed by atoms with Gasteiger partial charge in [0.25, 0.3) is 5.91 Å². The molecule has 1 unspecified atom stereocenters. The van der Waals surface area contributed by atoms with Crippen molar-refractivity contribution >= 4 is 29.1 Å². The number of carbonyl (C=O) groups is 1. The molecule has 1 amide bonds. The van der Waals surface area contributed by atoms with Gasteiger partial charge in [0.15, 0.2) is 6.10 Å². The molecule has 0 fully saturated rings. The van der Waals surface area contributed by atoms with Crippen LogP contribution in [0.25, 0.3) is 0 Å². The quantitative estimate of drug-likeness (QED) is 0.767. The molecule has 0 radical (unpaired) electrons. The molecule has 0 saturated heterocycles. The van der Waals surface area contributed by atoms with Crippen LogP contribution in [0.5, 0.6) is 5.75 Å². The molecule has 2 N–H and O–H groups in total. The number of rotatable bonds is 8. The third-order valence-corrected chi connectivity index (χ3v) is 3.36. The largest absolute Gasteiger partial charge is 0.479 e. The average molecular weight is 333 g/mol. The Morgan fingerprint density at radius 2 is 2.05 bits per heavy atom. The first kappa shape index (κ1) is 18.1. The Hall–Kier alpha value is -0.970. The Morgan fingerprint density at radius 3 is 2.67 bits per heavy atom. The maximum absolute atomic E-state index is 11.9. The smallest absolute Gasteiger partial charge is 0.260 e. The number of carbonyl (C=O) groups excluding carboxylic acids is 1. The SMILES string of the molecule is CCCNC(=O)C(C)Oc1c(Cl)cc(Cl)cc1CNCC. The molecule has 0 spiro atoms. The van der Waals surface area contributed by atoms with E-state index < -0.39 is 6.10 Å². The van der Waals surface area contributed by atoms with E-state index >= 15 is 0 Å². The Morgan fingerprint density at radius 1 is 1.33 bits per heavy atom. The van der Waals surface area contributed by atoms with Crippen LogP contribution >= 0.6 is 23.2 Å². The van der Waals surface area contributed by atoms with Crippen molar-refractivity contribution in [3.63, 3.8) is 0 Å². The van der Waals surface area contributed by atoms with E-state index in [1.54, 1.807) is 19.1 Å². The monoisotopic (exact) mass is 332 g/mol. The highest BCUT2D eigenvalue weighted by atomic mass is 35.5. The predicted molar refractivity (Wildman–Crippen MR) is 87.2 cm³/mol. The fourth-order valence-corrected chi connectivity index (χ4v) is 2.34. The van der Waals surface area contributed by atoms with Crippen molar-refractivity contribution in [3.8, 4) is 5.75 Å². The van der Waals surface area contributed by atoms with E-state index in [-0.39, 0.29) is 5.91 Å². The lowest BCUT2D eigenvalue weighted by Gasteiger charge is -2.19. The van der Waals surface area contributed by atoms with E-state index in [1.807, 2.05) is 13.8 Å². The third kappa shape index (κ3) is 5.73. The Labute approximate surface area is 136 Å². The molecule has 0 aliphatic rings. The van der Waals surface area contributed by atoms with Crippen LogP contribution in [0.4, 0.5) is 0 Å². The summed E-state index contributed by atoms with van der Waals surface area (Å²) < 4.78 is 5.74. The molecule has 118 valence electrons. The summed E-state index contributed by atoms with van der Waals surface area (Å²) in [6.07, 6.45) is 0.266. The van der Waals surface area contributed by atoms with Crippen molar-refractivity contribution in [1.29, 1.82) is 0 Å². The fraction of sp³-hybridized carbons (Fsp3) is 0.533. The summed E-state index contributed by atoms with van der Waals surface area (Å²) in [5.41, 5.74) is 0.837. The zero-order chi connectivity index (χ0) is 15.8. The van der Waals surface area contributed by atoms with Crippen LogP contribution in [0, 0.1) is 0 Å². The number of hydrogen-bond donors (Lipinski definition) is 2. The normalized spacial score (nSPS) is 12.0. The lowest BCUT2D eigenvalue weighted by molar-refractivity contribution is -0.127. The minimum atomic E-state index is -0.615. The molecule has 0 aliphatic carbocycles. The van der Waals surface area contributed by atoms with E-state index in [4.69, 9.17) is 27.9 Å². The second kappa shape index (κ2) is 9.13. The summed E-state index contributed by atoms with van der Waals surface area (Å²) in [6, 6.07) is 3.41. The Bertz CT molecular complexity index is 481. The molecular formula is C15H22Cl2N2O2. The fourth-order valence-electron chi connectivity index (χ4n) is 1.76. The molecule has 0 heterocycles. The van der Waals surface area contributed by atoms with Gasteiger partial charge in [0.2, 0.25) is 0 Å². The van der Waals surface area contributed by atoms with Crippen molar-refractivity contribution in [2.45, 2.75) is 39.8 Å². The predicted octanol–water partition coefficient (Wildman–Crippen LogP) is 3.40. The first-order chi connectivity index (χ1) is 9.99. The molecule has 6 heteroatoms. The van der Waals surface area contributed by atoms with E-state index in [9.17, 15) is 4.79 Å². The van der Waals surface area contributed by atoms with E-state index in [0.29, 0.717) is 28.9 Å². The maximum Gasteiger partial charge on any atom is 0.260 e. The van der Waals surface area contributed by atoms with E-state index in [2.05, 4.69) is 10.6 Å². The first-order valence-corrected chi connectivity index (χ1v) is 7.88. The molecule has 0 aromatic heterocycles. The zero-order valence-corrected chi connectivity index (χ0v) is 14.1. The van der Waals surface area contributed by atoms with Crippen LogP contribution in [0.1, 0.15) is 32.8 Å². The number of ether oxygens (including phenoxy) is 1. The van der Waals surface area contributed by atoms with Crippen LogP contribution in [0.15, 0.2) is 12.1 Å². The summed E-state index contributed by atoms with van der Waals surface area (Å²) in [5.74, 6) is 0.346. The number of halogens is 2. The Kier molecular flexibility index (Phi) is 7.86. The lowest BCUT2D eigenvalue weighted by atomic mass is 10.2. The minimum absolute atomic E-state index is 0.155. The number of amides is 1. The summed E-state index contributed by atoms with van der Waals surface area (Å²) >= 11 is 12.2. The minimum Gasteiger partial charge on any atom is -0.479 e. The molecule has 0 aliphatic heterocycles. The van der Waals surface area contributed by atoms with Crippen molar-refractivity contribution in [1.82, 2.24) is 10.6 Å². The van der Waals surface area contributed by atoms with Gasteiger partial charge >= 0.3 is 0 Å². The lowest BCUT2D eigenvalue weighted by Crippen LogP contribution is -2.37. The molecule has 0 bridgehead atoms. The van der Waals surface area contributed by atoms with Crippen LogP contribution in [0.2, 0.25) is 10.0 Å². The van der Waals surface area contributed by atoms with Crippen LogP contribution < -0.4 is 15.4 Å². The van der Waals surface area contributed by atoms with Crippen LogP contribution in [-0.2, 0) is 11.3 Å². The maximum atomic E-state index is 11.9. The van der Waals surface area contributed by atoms with Crippen molar-refractivity contribution < 1.29 is 9.53 Å². The van der Waals surface area contributed by atoms with Gasteiger partial charge in [-0.1, -0.05) is 37.0 Å². The van der Waals surface area contributed by atoms with Crippen molar-refractivity contribution in [2.75, 3.05) is 13.1 Å². The first-order valence-electron chi connectivity index (χ1n) is 7.12. The molecule has 21 heavy (non-hydrogen) atoms. The zero-order valence-electron chi connectivity index (χ0n) is 12.6. The molecule has 4 nitrogen and oxygen atoms in total. The second-order valence-corrected chi connectivity index (χ2v) is 5.55. The van der Waals surface area contributed by atoms with Gasteiger partial charge in [-0.2, -0.15) is 0 Å². The number of hydrogen-bond acceptors (Lipinski definition) is 3. The van der Waals surface area contributed by atoms with Crippen molar-refractivity contribution in [3.05, 3.63) is 27.7 Å². The molecule has 1 rings (SSSR count). The summed E-state index contributed by atoms with van der Waals surface area (Å²) in [6.45, 7) is 7.73. The van der Waals surface area contributed by atoms with Gasteiger partial charge < -0.3 is 15.4 Å². The molecule has 1 aromatic rings. The second-order valence-electron chi connectivity index (χ2n) is 4.71. The molecule has 1 atom stereocenters. The highest BCUT2D eigenvalue weighted by molar-refractivity contribution is 6.35. The summed E-state index contributed by atoms with van der Waals surface area (Å²) in [4.78, 5) is 11.9. The topological polar surface area (TPSA) is 50.4 Å². The van der Waals surface area contributed by atoms with Gasteiger partial charge in [-0.15, -0.1) is 0 Å². The average Bonchev–Trinajstić information content (AvgIpc) is 2.45. The third-order valence-electron chi connectivity index (χ3n) is 2.86. The van der Waals surface area contributed by atoms with Gasteiger partial charge in [0.05, 0.1) is 5.02 Å². The van der Waals surface area contributed by atoms with E-state index in [0.717, 1.165) is 18.5 Å². The van der Waals surface area contributed by atoms with Gasteiger partial charge in [-0.25, -0.2) is 0 Å². The van der Waals surface area contributed by atoms with Gasteiger partial charge in [-0.3, -0.25) is 4.79 Å². The van der Waals surface area contributed by atoms with Crippen molar-refractivity contribution in [2.24, 2.45) is 0 Å². The van der Waals surface area contributed by atoms with Crippen LogP contribution in [-0.4, -0.2) is 25.1 Å². The van der Waals surface area contributed by atoms with Gasteiger partial charge in [0, 0.05) is 23.7 Å². The highest BCUT2D eigenvalue weighted by Gasteiger charge is 2.18. The summed E-state index contributed by atoms with van der Waals surface area (Å²) in [7, 11) is 0. The van der Waals surface area contributed by atoms with Crippen LogP contribution in [0.3, 0.4) is 0 Å². The highest BCUT2D eigenvalue weighted by Crippen LogP contribution is 2.33.